The first-order valence-corrected chi connectivity index (χ1v) is 7.70. The van der Waals surface area contributed by atoms with E-state index in [9.17, 15) is 0 Å². The molecule has 0 bridgehead atoms. The second kappa shape index (κ2) is 8.30. The van der Waals surface area contributed by atoms with Gasteiger partial charge in [-0.25, -0.2) is 0 Å². The molecule has 0 heterocycles. The molecule has 0 N–H and O–H groups in total. The minimum atomic E-state index is 0.369. The Hall–Kier alpha value is -2.38. The number of aryl methyl sites for hydroxylation is 1. The van der Waals surface area contributed by atoms with Gasteiger partial charge in [-0.05, 0) is 49.7 Å². The van der Waals surface area contributed by atoms with E-state index in [4.69, 9.17) is 31.1 Å². The number of ether oxygens (including phenoxy) is 3. The predicted molar refractivity (Wildman–Crippen MR) is 89.5 cm³/mol. The van der Waals surface area contributed by atoms with Gasteiger partial charge < -0.3 is 14.2 Å². The molecule has 23 heavy (non-hydrogen) atoms. The van der Waals surface area contributed by atoms with Crippen LogP contribution in [0.15, 0.2) is 36.4 Å². The van der Waals surface area contributed by atoms with Gasteiger partial charge in [-0.1, -0.05) is 11.6 Å². The molecule has 0 amide bonds. The maximum absolute atomic E-state index is 8.93. The van der Waals surface area contributed by atoms with E-state index in [1.807, 2.05) is 26.0 Å². The van der Waals surface area contributed by atoms with Crippen molar-refractivity contribution in [2.45, 2.75) is 13.8 Å². The summed E-state index contributed by atoms with van der Waals surface area (Å²) >= 11 is 5.98. The van der Waals surface area contributed by atoms with Crippen LogP contribution in [0, 0.1) is 18.3 Å². The number of rotatable bonds is 7. The van der Waals surface area contributed by atoms with Crippen LogP contribution >= 0.6 is 11.6 Å². The van der Waals surface area contributed by atoms with E-state index in [0.29, 0.717) is 41.9 Å². The van der Waals surface area contributed by atoms with E-state index in [0.717, 1.165) is 11.3 Å². The Balaban J connectivity index is 1.90. The van der Waals surface area contributed by atoms with Crippen LogP contribution in [0.2, 0.25) is 5.02 Å². The molecule has 0 unspecified atom stereocenters. The summed E-state index contributed by atoms with van der Waals surface area (Å²) < 4.78 is 16.8. The van der Waals surface area contributed by atoms with Crippen LogP contribution in [0.3, 0.4) is 0 Å². The van der Waals surface area contributed by atoms with Crippen molar-refractivity contribution in [1.29, 1.82) is 5.26 Å². The molecule has 0 aromatic heterocycles. The van der Waals surface area contributed by atoms with Crippen molar-refractivity contribution < 1.29 is 14.2 Å². The van der Waals surface area contributed by atoms with E-state index in [1.165, 1.54) is 0 Å². The number of halogens is 1. The van der Waals surface area contributed by atoms with Gasteiger partial charge in [0.05, 0.1) is 18.2 Å². The van der Waals surface area contributed by atoms with Crippen LogP contribution in [-0.4, -0.2) is 19.8 Å². The fourth-order valence-corrected chi connectivity index (χ4v) is 2.10. The second-order valence-electron chi connectivity index (χ2n) is 4.81. The highest BCUT2D eigenvalue weighted by atomic mass is 35.5. The van der Waals surface area contributed by atoms with Gasteiger partial charge >= 0.3 is 0 Å². The maximum Gasteiger partial charge on any atom is 0.162 e. The highest BCUT2D eigenvalue weighted by Gasteiger charge is 2.07. The molecule has 2 aromatic rings. The van der Waals surface area contributed by atoms with Crippen molar-refractivity contribution in [2.75, 3.05) is 19.8 Å². The predicted octanol–water partition coefficient (Wildman–Crippen LogP) is 4.38. The van der Waals surface area contributed by atoms with Crippen molar-refractivity contribution in [3.05, 3.63) is 52.5 Å². The van der Waals surface area contributed by atoms with Crippen molar-refractivity contribution in [2.24, 2.45) is 0 Å². The van der Waals surface area contributed by atoms with Crippen molar-refractivity contribution in [3.63, 3.8) is 0 Å². The Morgan fingerprint density at radius 2 is 1.78 bits per heavy atom. The summed E-state index contributed by atoms with van der Waals surface area (Å²) in [6.07, 6.45) is 0. The van der Waals surface area contributed by atoms with Crippen LogP contribution in [0.1, 0.15) is 18.1 Å². The first-order chi connectivity index (χ1) is 11.1. The molecule has 0 aliphatic carbocycles. The fraction of sp³-hybridized carbons (Fsp3) is 0.278. The number of nitrogens with zero attached hydrogens (tertiary/aromatic N) is 1. The third-order valence-electron chi connectivity index (χ3n) is 3.11. The lowest BCUT2D eigenvalue weighted by Crippen LogP contribution is -2.10. The Morgan fingerprint density at radius 1 is 1.00 bits per heavy atom. The first-order valence-electron chi connectivity index (χ1n) is 7.32. The Morgan fingerprint density at radius 3 is 2.48 bits per heavy atom. The molecule has 0 aliphatic rings. The summed E-state index contributed by atoms with van der Waals surface area (Å²) in [6, 6.07) is 12.7. The highest BCUT2D eigenvalue weighted by molar-refractivity contribution is 6.31. The monoisotopic (exact) mass is 331 g/mol. The molecule has 0 spiro atoms. The van der Waals surface area contributed by atoms with Crippen LogP contribution in [0.5, 0.6) is 17.2 Å². The van der Waals surface area contributed by atoms with Crippen molar-refractivity contribution in [1.82, 2.24) is 0 Å². The average molecular weight is 332 g/mol. The van der Waals surface area contributed by atoms with Gasteiger partial charge in [0, 0.05) is 11.1 Å². The van der Waals surface area contributed by atoms with Gasteiger partial charge in [-0.3, -0.25) is 0 Å². The van der Waals surface area contributed by atoms with Gasteiger partial charge in [0.25, 0.3) is 0 Å². The minimum Gasteiger partial charge on any atom is -0.490 e. The number of hydrogen-bond acceptors (Lipinski definition) is 4. The van der Waals surface area contributed by atoms with E-state index in [-0.39, 0.29) is 0 Å². The molecule has 2 aromatic carbocycles. The third-order valence-corrected chi connectivity index (χ3v) is 3.54. The molecule has 0 aliphatic heterocycles. The topological polar surface area (TPSA) is 51.5 Å². The molecule has 0 atom stereocenters. The number of hydrogen-bond donors (Lipinski definition) is 0. The molecular weight excluding hydrogens is 314 g/mol. The third kappa shape index (κ3) is 4.80. The highest BCUT2D eigenvalue weighted by Crippen LogP contribution is 2.28. The molecule has 0 saturated carbocycles. The zero-order valence-corrected chi connectivity index (χ0v) is 13.9. The quantitative estimate of drug-likeness (QED) is 0.707. The zero-order valence-electron chi connectivity index (χ0n) is 13.1. The van der Waals surface area contributed by atoms with Crippen LogP contribution in [-0.2, 0) is 0 Å². The summed E-state index contributed by atoms with van der Waals surface area (Å²) in [5, 5.41) is 9.64. The minimum absolute atomic E-state index is 0.369. The van der Waals surface area contributed by atoms with Gasteiger partial charge in [-0.15, -0.1) is 0 Å². The lowest BCUT2D eigenvalue weighted by Gasteiger charge is -2.13. The molecule has 120 valence electrons. The van der Waals surface area contributed by atoms with E-state index >= 15 is 0 Å². The fourth-order valence-electron chi connectivity index (χ4n) is 1.98. The summed E-state index contributed by atoms with van der Waals surface area (Å²) in [4.78, 5) is 0. The molecule has 0 fully saturated rings. The molecule has 4 nitrogen and oxygen atoms in total. The number of nitriles is 1. The van der Waals surface area contributed by atoms with Crippen LogP contribution in [0.4, 0.5) is 0 Å². The molecule has 0 radical (unpaired) electrons. The summed E-state index contributed by atoms with van der Waals surface area (Å²) in [6.45, 7) is 5.08. The Labute approximate surface area is 141 Å². The lowest BCUT2D eigenvalue weighted by molar-refractivity contribution is 0.208. The second-order valence-corrected chi connectivity index (χ2v) is 5.22. The van der Waals surface area contributed by atoms with Crippen molar-refractivity contribution in [3.8, 4) is 23.3 Å². The van der Waals surface area contributed by atoms with Crippen molar-refractivity contribution >= 4 is 11.6 Å². The summed E-state index contributed by atoms with van der Waals surface area (Å²) in [5.74, 6) is 1.91. The summed E-state index contributed by atoms with van der Waals surface area (Å²) in [5.41, 5.74) is 1.50. The van der Waals surface area contributed by atoms with E-state index < -0.39 is 0 Å². The lowest BCUT2D eigenvalue weighted by atomic mass is 10.2. The van der Waals surface area contributed by atoms with E-state index in [2.05, 4.69) is 6.07 Å². The van der Waals surface area contributed by atoms with Gasteiger partial charge in [0.1, 0.15) is 19.0 Å². The Bertz CT molecular complexity index is 710. The number of benzene rings is 2. The SMILES string of the molecule is CCOc1cc(C#N)ccc1OCCOc1ccc(Cl)c(C)c1. The van der Waals surface area contributed by atoms with Gasteiger partial charge in [0.2, 0.25) is 0 Å². The summed E-state index contributed by atoms with van der Waals surface area (Å²) in [7, 11) is 0. The maximum atomic E-state index is 8.93. The van der Waals surface area contributed by atoms with E-state index in [1.54, 1.807) is 24.3 Å². The molecule has 0 saturated heterocycles. The molecule has 2 rings (SSSR count). The first kappa shape index (κ1) is 17.0. The average Bonchev–Trinajstić information content (AvgIpc) is 2.56. The standard InChI is InChI=1S/C18H18ClNO3/c1-3-21-18-11-14(12-20)4-7-17(18)23-9-8-22-15-5-6-16(19)13(2)10-15/h4-7,10-11H,3,8-9H2,1-2H3. The smallest absolute Gasteiger partial charge is 0.162 e. The molecule has 5 heteroatoms. The van der Waals surface area contributed by atoms with Gasteiger partial charge in [0.15, 0.2) is 11.5 Å². The normalized spacial score (nSPS) is 10.0. The van der Waals surface area contributed by atoms with Crippen LogP contribution < -0.4 is 14.2 Å². The Kier molecular flexibility index (Phi) is 6.13. The van der Waals surface area contributed by atoms with Crippen LogP contribution in [0.25, 0.3) is 0 Å². The largest absolute Gasteiger partial charge is 0.490 e. The zero-order chi connectivity index (χ0) is 16.7. The van der Waals surface area contributed by atoms with Gasteiger partial charge in [-0.2, -0.15) is 5.26 Å². The molecular formula is C18H18ClNO3.